The van der Waals surface area contributed by atoms with E-state index in [1.807, 2.05) is 0 Å². The zero-order valence-electron chi connectivity index (χ0n) is 12.7. The summed E-state index contributed by atoms with van der Waals surface area (Å²) in [4.78, 5) is 12.8. The lowest BCUT2D eigenvalue weighted by molar-refractivity contribution is 0.102. The van der Waals surface area contributed by atoms with Gasteiger partial charge >= 0.3 is 0 Å². The first-order valence-electron chi connectivity index (χ1n) is 7.05. The first-order chi connectivity index (χ1) is 11.9. The molecule has 0 unspecified atom stereocenters. The third kappa shape index (κ3) is 3.62. The first-order valence-corrected chi connectivity index (χ1v) is 8.56. The van der Waals surface area contributed by atoms with E-state index < -0.39 is 5.91 Å². The van der Waals surface area contributed by atoms with Gasteiger partial charge in [-0.25, -0.2) is 0 Å². The second-order valence-corrected chi connectivity index (χ2v) is 6.80. The lowest BCUT2D eigenvalue weighted by Gasteiger charge is -2.09. The minimum Gasteiger partial charge on any atom is -0.360 e. The maximum absolute atomic E-state index is 12.8. The van der Waals surface area contributed by atoms with Crippen LogP contribution in [0, 0.1) is 6.92 Å². The highest BCUT2D eigenvalue weighted by atomic mass is 35.5. The van der Waals surface area contributed by atoms with Gasteiger partial charge in [0.2, 0.25) is 0 Å². The lowest BCUT2D eigenvalue weighted by atomic mass is 10.1. The molecule has 25 heavy (non-hydrogen) atoms. The molecule has 0 aliphatic carbocycles. The van der Waals surface area contributed by atoms with Crippen LogP contribution in [-0.2, 0) is 0 Å². The third-order valence-corrected chi connectivity index (χ3v) is 4.66. The van der Waals surface area contributed by atoms with Crippen LogP contribution in [0.25, 0.3) is 11.3 Å². The molecule has 0 aliphatic heterocycles. The standard InChI is InChI=1S/C17H10Cl4N2O2/c1-8-14(17(24)22-13-7-9(18)5-6-10(13)19)16(23-25-8)15-11(20)3-2-4-12(15)21/h2-7H,1H3,(H,22,24). The van der Waals surface area contributed by atoms with Gasteiger partial charge in [0, 0.05) is 10.6 Å². The van der Waals surface area contributed by atoms with E-state index in [0.717, 1.165) is 0 Å². The molecule has 0 radical (unpaired) electrons. The van der Waals surface area contributed by atoms with Gasteiger partial charge in [-0.3, -0.25) is 4.79 Å². The van der Waals surface area contributed by atoms with Crippen molar-refractivity contribution in [2.75, 3.05) is 5.32 Å². The molecule has 0 atom stereocenters. The molecule has 3 rings (SSSR count). The molecular weight excluding hydrogens is 406 g/mol. The van der Waals surface area contributed by atoms with Gasteiger partial charge in [-0.15, -0.1) is 0 Å². The molecule has 0 bridgehead atoms. The Kier molecular flexibility index (Phi) is 5.25. The predicted molar refractivity (Wildman–Crippen MR) is 101 cm³/mol. The van der Waals surface area contributed by atoms with Gasteiger partial charge in [0.05, 0.1) is 20.8 Å². The molecule has 128 valence electrons. The van der Waals surface area contributed by atoms with Gasteiger partial charge in [0.15, 0.2) is 0 Å². The van der Waals surface area contributed by atoms with E-state index in [-0.39, 0.29) is 11.3 Å². The summed E-state index contributed by atoms with van der Waals surface area (Å²) in [6, 6.07) is 9.77. The second-order valence-electron chi connectivity index (χ2n) is 5.14. The fraction of sp³-hybridized carbons (Fsp3) is 0.0588. The lowest BCUT2D eigenvalue weighted by Crippen LogP contribution is -2.14. The van der Waals surface area contributed by atoms with Gasteiger partial charge < -0.3 is 9.84 Å². The van der Waals surface area contributed by atoms with Crippen LogP contribution in [0.5, 0.6) is 0 Å². The molecule has 4 nitrogen and oxygen atoms in total. The van der Waals surface area contributed by atoms with Crippen molar-refractivity contribution >= 4 is 58.0 Å². The third-order valence-electron chi connectivity index (χ3n) is 3.47. The quantitative estimate of drug-likeness (QED) is 0.529. The Morgan fingerprint density at radius 1 is 1.04 bits per heavy atom. The van der Waals surface area contributed by atoms with Crippen molar-refractivity contribution in [3.05, 3.63) is 67.8 Å². The highest BCUT2D eigenvalue weighted by molar-refractivity contribution is 6.39. The van der Waals surface area contributed by atoms with Gasteiger partial charge in [-0.2, -0.15) is 0 Å². The van der Waals surface area contributed by atoms with Crippen LogP contribution >= 0.6 is 46.4 Å². The van der Waals surface area contributed by atoms with Crippen LogP contribution in [-0.4, -0.2) is 11.1 Å². The number of hydrogen-bond donors (Lipinski definition) is 1. The molecule has 1 amide bonds. The van der Waals surface area contributed by atoms with E-state index in [0.29, 0.717) is 37.1 Å². The molecule has 3 aromatic rings. The highest BCUT2D eigenvalue weighted by Crippen LogP contribution is 2.37. The van der Waals surface area contributed by atoms with Crippen molar-refractivity contribution in [3.63, 3.8) is 0 Å². The number of carbonyl (C=O) groups is 1. The molecule has 0 saturated carbocycles. The summed E-state index contributed by atoms with van der Waals surface area (Å²) in [5.41, 5.74) is 1.26. The zero-order valence-corrected chi connectivity index (χ0v) is 15.8. The minimum atomic E-state index is -0.464. The Hall–Kier alpha value is -1.72. The summed E-state index contributed by atoms with van der Waals surface area (Å²) < 4.78 is 5.19. The molecule has 2 aromatic carbocycles. The molecule has 1 heterocycles. The molecular formula is C17H10Cl4N2O2. The Bertz CT molecular complexity index is 949. The molecule has 0 fully saturated rings. The molecule has 1 N–H and O–H groups in total. The number of carbonyl (C=O) groups excluding carboxylic acids is 1. The SMILES string of the molecule is Cc1onc(-c2c(Cl)cccc2Cl)c1C(=O)Nc1cc(Cl)ccc1Cl. The number of nitrogens with one attached hydrogen (secondary N) is 1. The van der Waals surface area contributed by atoms with E-state index >= 15 is 0 Å². The molecule has 0 spiro atoms. The second kappa shape index (κ2) is 7.26. The minimum absolute atomic E-state index is 0.214. The summed E-state index contributed by atoms with van der Waals surface area (Å²) in [5.74, 6) is -0.143. The van der Waals surface area contributed by atoms with Gasteiger partial charge in [-0.05, 0) is 37.3 Å². The van der Waals surface area contributed by atoms with Crippen molar-refractivity contribution in [2.24, 2.45) is 0 Å². The van der Waals surface area contributed by atoms with E-state index in [1.165, 1.54) is 0 Å². The van der Waals surface area contributed by atoms with Gasteiger partial charge in [0.25, 0.3) is 5.91 Å². The molecule has 0 saturated heterocycles. The fourth-order valence-corrected chi connectivity index (χ4v) is 3.23. The number of benzene rings is 2. The Morgan fingerprint density at radius 2 is 1.72 bits per heavy atom. The van der Waals surface area contributed by atoms with Crippen molar-refractivity contribution in [1.29, 1.82) is 0 Å². The summed E-state index contributed by atoms with van der Waals surface area (Å²) >= 11 is 24.5. The molecule has 0 aliphatic rings. The van der Waals surface area contributed by atoms with E-state index in [1.54, 1.807) is 43.3 Å². The number of nitrogens with zero attached hydrogens (tertiary/aromatic N) is 1. The van der Waals surface area contributed by atoms with Crippen molar-refractivity contribution in [1.82, 2.24) is 5.16 Å². The topological polar surface area (TPSA) is 55.1 Å². The molecule has 8 heteroatoms. The largest absolute Gasteiger partial charge is 0.360 e. The summed E-state index contributed by atoms with van der Waals surface area (Å²) in [6.07, 6.45) is 0. The number of hydrogen-bond acceptors (Lipinski definition) is 3. The Balaban J connectivity index is 2.05. The highest BCUT2D eigenvalue weighted by Gasteiger charge is 2.25. The summed E-state index contributed by atoms with van der Waals surface area (Å²) in [6.45, 7) is 1.62. The van der Waals surface area contributed by atoms with E-state index in [4.69, 9.17) is 50.9 Å². The van der Waals surface area contributed by atoms with Crippen LogP contribution in [0.2, 0.25) is 20.1 Å². The number of halogens is 4. The number of aromatic nitrogens is 1. The van der Waals surface area contributed by atoms with Crippen molar-refractivity contribution < 1.29 is 9.32 Å². The number of amides is 1. The van der Waals surface area contributed by atoms with Gasteiger partial charge in [0.1, 0.15) is 17.0 Å². The van der Waals surface area contributed by atoms with Crippen LogP contribution < -0.4 is 5.32 Å². The van der Waals surface area contributed by atoms with E-state index in [9.17, 15) is 4.79 Å². The Labute approximate surface area is 163 Å². The number of rotatable bonds is 3. The van der Waals surface area contributed by atoms with Crippen LogP contribution in [0.1, 0.15) is 16.1 Å². The smallest absolute Gasteiger partial charge is 0.261 e. The maximum Gasteiger partial charge on any atom is 0.261 e. The van der Waals surface area contributed by atoms with Crippen molar-refractivity contribution in [2.45, 2.75) is 6.92 Å². The monoisotopic (exact) mass is 414 g/mol. The summed E-state index contributed by atoms with van der Waals surface area (Å²) in [5, 5.41) is 8.15. The van der Waals surface area contributed by atoms with Crippen molar-refractivity contribution in [3.8, 4) is 11.3 Å². The van der Waals surface area contributed by atoms with Crippen LogP contribution in [0.3, 0.4) is 0 Å². The average molecular weight is 416 g/mol. The fourth-order valence-electron chi connectivity index (χ4n) is 2.31. The molecule has 1 aromatic heterocycles. The zero-order chi connectivity index (χ0) is 18.1. The summed E-state index contributed by atoms with van der Waals surface area (Å²) in [7, 11) is 0. The number of anilines is 1. The average Bonchev–Trinajstić information content (AvgIpc) is 2.92. The van der Waals surface area contributed by atoms with Gasteiger partial charge in [-0.1, -0.05) is 57.6 Å². The van der Waals surface area contributed by atoms with Crippen LogP contribution in [0.15, 0.2) is 40.9 Å². The maximum atomic E-state index is 12.8. The Morgan fingerprint density at radius 3 is 2.40 bits per heavy atom. The van der Waals surface area contributed by atoms with Crippen LogP contribution in [0.4, 0.5) is 5.69 Å². The normalized spacial score (nSPS) is 10.8. The first kappa shape index (κ1) is 18.1. The van der Waals surface area contributed by atoms with E-state index in [2.05, 4.69) is 10.5 Å². The predicted octanol–water partition coefficient (Wildman–Crippen LogP) is 6.52. The number of aryl methyl sites for hydroxylation is 1.